The Morgan fingerprint density at radius 3 is 1.07 bits per heavy atom. The quantitative estimate of drug-likeness (QED) is 0.173. The smallest absolute Gasteiger partial charge is 0.160 e. The van der Waals surface area contributed by atoms with Gasteiger partial charge in [-0.1, -0.05) is 66.7 Å². The molecule has 6 nitrogen and oxygen atoms in total. The summed E-state index contributed by atoms with van der Waals surface area (Å²) in [6.07, 6.45) is 0. The molecule has 222 valence electrons. The van der Waals surface area contributed by atoms with Crippen LogP contribution in [-0.2, 0) is 5.41 Å². The van der Waals surface area contributed by atoms with E-state index in [9.17, 15) is 0 Å². The average molecular weight is 627 g/mol. The molecule has 0 saturated carbocycles. The molecule has 0 fully saturated rings. The Morgan fingerprint density at radius 1 is 0.419 bits per heavy atom. The van der Waals surface area contributed by atoms with Crippen molar-refractivity contribution in [2.75, 3.05) is 42.7 Å². The molecule has 6 radical (unpaired) electrons. The van der Waals surface area contributed by atoms with Crippen LogP contribution in [0.4, 0.5) is 0 Å². The van der Waals surface area contributed by atoms with Gasteiger partial charge < -0.3 is 28.4 Å². The Balaban J connectivity index is 1.78. The highest BCUT2D eigenvalue weighted by Crippen LogP contribution is 2.38. The Bertz CT molecular complexity index is 1320. The molecule has 43 heavy (non-hydrogen) atoms. The first kappa shape index (κ1) is 32.2. The molecule has 9 heteroatoms. The minimum atomic E-state index is -0.146. The maximum Gasteiger partial charge on any atom is 0.160 e. The van der Waals surface area contributed by atoms with Crippen LogP contribution in [0.25, 0.3) is 0 Å². The van der Waals surface area contributed by atoms with Crippen LogP contribution < -0.4 is 44.0 Å². The van der Waals surface area contributed by atoms with Crippen LogP contribution >= 0.6 is 0 Å². The second-order valence-electron chi connectivity index (χ2n) is 9.83. The molecular formula is C34H38O6Si3. The molecule has 4 aromatic rings. The van der Waals surface area contributed by atoms with E-state index in [0.29, 0.717) is 28.6 Å². The van der Waals surface area contributed by atoms with Gasteiger partial charge in [0.2, 0.25) is 0 Å². The van der Waals surface area contributed by atoms with Crippen LogP contribution in [0.1, 0.15) is 5.56 Å². The largest absolute Gasteiger partial charge is 0.493 e. The minimum Gasteiger partial charge on any atom is -0.493 e. The average Bonchev–Trinajstić information content (AvgIpc) is 3.07. The molecule has 0 aromatic heterocycles. The van der Waals surface area contributed by atoms with E-state index in [4.69, 9.17) is 28.4 Å². The number of methoxy groups -OCH3 is 6. The summed E-state index contributed by atoms with van der Waals surface area (Å²) in [6, 6.07) is 32.2. The SMILES string of the molecule is COc1cccc([Si]CC(C[Si]c2cccc(OC)c2OC)(C[Si]c2cccc(OC)c2OC)c2ccccc2)c1OC. The van der Waals surface area contributed by atoms with Crippen molar-refractivity contribution in [3.05, 3.63) is 90.5 Å². The van der Waals surface area contributed by atoms with Crippen molar-refractivity contribution in [3.63, 3.8) is 0 Å². The van der Waals surface area contributed by atoms with E-state index < -0.39 is 0 Å². The van der Waals surface area contributed by atoms with Crippen LogP contribution in [0.5, 0.6) is 34.5 Å². The number of para-hydroxylation sites is 3. The number of benzene rings is 4. The number of rotatable bonds is 16. The highest BCUT2D eigenvalue weighted by molar-refractivity contribution is 6.59. The van der Waals surface area contributed by atoms with E-state index in [-0.39, 0.29) is 5.41 Å². The van der Waals surface area contributed by atoms with E-state index in [1.54, 1.807) is 42.7 Å². The van der Waals surface area contributed by atoms with Gasteiger partial charge in [0.25, 0.3) is 0 Å². The van der Waals surface area contributed by atoms with Gasteiger partial charge in [-0.3, -0.25) is 0 Å². The summed E-state index contributed by atoms with van der Waals surface area (Å²) in [7, 11) is 11.7. The summed E-state index contributed by atoms with van der Waals surface area (Å²) in [6.45, 7) is 0. The Labute approximate surface area is 263 Å². The first-order valence-corrected chi connectivity index (χ1v) is 17.6. The van der Waals surface area contributed by atoms with Crippen LogP contribution in [-0.4, -0.2) is 71.2 Å². The Morgan fingerprint density at radius 2 is 0.767 bits per heavy atom. The molecule has 0 bridgehead atoms. The molecule has 4 aromatic carbocycles. The first-order chi connectivity index (χ1) is 21.0. The second-order valence-corrected chi connectivity index (χ2v) is 13.6. The summed E-state index contributed by atoms with van der Waals surface area (Å²) in [5.41, 5.74) is 1.18. The van der Waals surface area contributed by atoms with E-state index >= 15 is 0 Å². The molecule has 0 aliphatic rings. The first-order valence-electron chi connectivity index (χ1n) is 13.9. The third-order valence-corrected chi connectivity index (χ3v) is 12.3. The monoisotopic (exact) mass is 626 g/mol. The van der Waals surface area contributed by atoms with Crippen LogP contribution in [0.2, 0.25) is 18.1 Å². The number of hydrogen-bond acceptors (Lipinski definition) is 6. The van der Waals surface area contributed by atoms with Crippen molar-refractivity contribution in [1.82, 2.24) is 0 Å². The fourth-order valence-electron chi connectivity index (χ4n) is 5.16. The van der Waals surface area contributed by atoms with Crippen molar-refractivity contribution in [3.8, 4) is 34.5 Å². The summed E-state index contributed by atoms with van der Waals surface area (Å²) < 4.78 is 34.4. The number of ether oxygens (including phenoxy) is 6. The van der Waals surface area contributed by atoms with Crippen molar-refractivity contribution < 1.29 is 28.4 Å². The maximum absolute atomic E-state index is 5.83. The molecule has 0 spiro atoms. The van der Waals surface area contributed by atoms with Gasteiger partial charge in [0.05, 0.1) is 71.2 Å². The van der Waals surface area contributed by atoms with E-state index in [2.05, 4.69) is 48.5 Å². The molecule has 0 unspecified atom stereocenters. The van der Waals surface area contributed by atoms with E-state index in [0.717, 1.165) is 68.2 Å². The summed E-state index contributed by atoms with van der Waals surface area (Å²) in [5.74, 6) is 4.67. The summed E-state index contributed by atoms with van der Waals surface area (Å²) in [5, 5.41) is 3.48. The highest BCUT2D eigenvalue weighted by Gasteiger charge is 2.34. The van der Waals surface area contributed by atoms with Gasteiger partial charge in [-0.15, -0.1) is 0 Å². The van der Waals surface area contributed by atoms with Crippen LogP contribution in [0, 0.1) is 0 Å². The minimum absolute atomic E-state index is 0.146. The normalized spacial score (nSPS) is 11.1. The van der Waals surface area contributed by atoms with Crippen molar-refractivity contribution in [2.24, 2.45) is 0 Å². The summed E-state index contributed by atoms with van der Waals surface area (Å²) in [4.78, 5) is 0. The third kappa shape index (κ3) is 7.46. The van der Waals surface area contributed by atoms with Crippen LogP contribution in [0.15, 0.2) is 84.9 Å². The zero-order valence-electron chi connectivity index (χ0n) is 25.7. The Kier molecular flexibility index (Phi) is 11.8. The lowest BCUT2D eigenvalue weighted by atomic mass is 9.86. The van der Waals surface area contributed by atoms with Gasteiger partial charge in [-0.05, 0) is 62.9 Å². The number of hydrogen-bond donors (Lipinski definition) is 0. The maximum atomic E-state index is 5.83. The predicted octanol–water partition coefficient (Wildman–Crippen LogP) is 4.32. The second kappa shape index (κ2) is 15.7. The highest BCUT2D eigenvalue weighted by atomic mass is 28.2. The van der Waals surface area contributed by atoms with Gasteiger partial charge in [0, 0.05) is 0 Å². The lowest BCUT2D eigenvalue weighted by molar-refractivity contribution is 0.357. The van der Waals surface area contributed by atoms with Gasteiger partial charge in [0.1, 0.15) is 0 Å². The van der Waals surface area contributed by atoms with Crippen LogP contribution in [0.3, 0.4) is 0 Å². The lowest BCUT2D eigenvalue weighted by Crippen LogP contribution is -2.37. The molecule has 0 atom stereocenters. The molecule has 0 amide bonds. The molecule has 4 rings (SSSR count). The zero-order chi connectivity index (χ0) is 30.7. The van der Waals surface area contributed by atoms with Crippen molar-refractivity contribution in [1.29, 1.82) is 0 Å². The fraction of sp³-hybridized carbons (Fsp3) is 0.294. The van der Waals surface area contributed by atoms with Crippen molar-refractivity contribution >= 4 is 44.1 Å². The van der Waals surface area contributed by atoms with Crippen molar-refractivity contribution in [2.45, 2.75) is 23.5 Å². The fourth-order valence-corrected chi connectivity index (χ4v) is 10.7. The van der Waals surface area contributed by atoms with Gasteiger partial charge in [-0.2, -0.15) is 0 Å². The summed E-state index contributed by atoms with van der Waals surface area (Å²) >= 11 is 0. The molecule has 0 heterocycles. The van der Waals surface area contributed by atoms with Gasteiger partial charge in [-0.25, -0.2) is 0 Å². The Hall–Kier alpha value is -3.67. The molecule has 0 N–H and O–H groups in total. The third-order valence-electron chi connectivity index (χ3n) is 7.45. The zero-order valence-corrected chi connectivity index (χ0v) is 28.7. The van der Waals surface area contributed by atoms with Gasteiger partial charge in [0.15, 0.2) is 34.5 Å². The standard InChI is InChI=1S/C34H38O6Si3/c1-35-25-15-10-18-28(31(25)38-4)41-21-34(24-13-8-7-9-14-24,22-42-29-19-11-16-26(36-2)32(29)39-5)23-43-30-20-12-17-27(37-3)33(30)40-6/h7-20H,21-23H2,1-6H3. The van der Waals surface area contributed by atoms with Gasteiger partial charge >= 0.3 is 0 Å². The molecule has 0 aliphatic heterocycles. The predicted molar refractivity (Wildman–Crippen MR) is 177 cm³/mol. The van der Waals surface area contributed by atoms with E-state index in [1.165, 1.54) is 5.56 Å². The molecule has 0 saturated heterocycles. The lowest BCUT2D eigenvalue weighted by Gasteiger charge is -2.35. The molecule has 0 aliphatic carbocycles. The van der Waals surface area contributed by atoms with E-state index in [1.807, 2.05) is 36.4 Å². The molecular weight excluding hydrogens is 589 g/mol. The topological polar surface area (TPSA) is 55.4 Å².